The summed E-state index contributed by atoms with van der Waals surface area (Å²) in [4.78, 5) is 15.6. The van der Waals surface area contributed by atoms with E-state index in [0.717, 1.165) is 63.0 Å². The molecule has 0 bridgehead atoms. The molecule has 4 unspecified atom stereocenters. The third-order valence-corrected chi connectivity index (χ3v) is 13.9. The molecule has 5 atom stereocenters. The summed E-state index contributed by atoms with van der Waals surface area (Å²) in [6.45, 7) is 2.51. The number of fused-ring (bicyclic) bond motifs is 9. The molecule has 3 saturated carbocycles. The molecule has 4 aliphatic carbocycles. The van der Waals surface area contributed by atoms with Gasteiger partial charge in [-0.2, -0.15) is 0 Å². The minimum Gasteiger partial charge on any atom is -0.457 e. The van der Waals surface area contributed by atoms with Gasteiger partial charge < -0.3 is 4.74 Å². The van der Waals surface area contributed by atoms with E-state index in [1.165, 1.54) is 53.5 Å². The van der Waals surface area contributed by atoms with Crippen LogP contribution in [0.3, 0.4) is 0 Å². The van der Waals surface area contributed by atoms with E-state index in [-0.39, 0.29) is 5.41 Å². The zero-order valence-corrected chi connectivity index (χ0v) is 30.2. The molecule has 1 aliphatic heterocycles. The van der Waals surface area contributed by atoms with Crippen LogP contribution in [0.15, 0.2) is 146 Å². The lowest BCUT2D eigenvalue weighted by atomic mass is 9.39. The predicted octanol–water partition coefficient (Wildman–Crippen LogP) is 11.7. The van der Waals surface area contributed by atoms with Gasteiger partial charge in [0.25, 0.3) is 0 Å². The van der Waals surface area contributed by atoms with Gasteiger partial charge in [0.15, 0.2) is 17.5 Å². The summed E-state index contributed by atoms with van der Waals surface area (Å²) < 4.78 is 6.58. The summed E-state index contributed by atoms with van der Waals surface area (Å²) in [6.07, 6.45) is 5.55. The molecule has 260 valence electrons. The molecule has 7 aromatic rings. The first kappa shape index (κ1) is 30.6. The Morgan fingerprint density at radius 1 is 0.481 bits per heavy atom. The molecule has 0 saturated heterocycles. The summed E-state index contributed by atoms with van der Waals surface area (Å²) in [6, 6.07) is 52.1. The van der Waals surface area contributed by atoms with Crippen molar-refractivity contribution in [1.82, 2.24) is 15.0 Å². The minimum absolute atomic E-state index is 0.245. The van der Waals surface area contributed by atoms with Crippen molar-refractivity contribution in [2.45, 2.75) is 43.4 Å². The van der Waals surface area contributed by atoms with Crippen LogP contribution in [-0.2, 0) is 10.8 Å². The maximum atomic E-state index is 6.58. The van der Waals surface area contributed by atoms with Gasteiger partial charge in [-0.25, -0.2) is 15.0 Å². The van der Waals surface area contributed by atoms with Crippen molar-refractivity contribution in [3.63, 3.8) is 0 Å². The number of ether oxygens (including phenoxy) is 1. The second-order valence-corrected chi connectivity index (χ2v) is 16.7. The molecule has 4 heteroatoms. The first-order valence-corrected chi connectivity index (χ1v) is 19.6. The number of aromatic nitrogens is 3. The Morgan fingerprint density at radius 2 is 1.00 bits per heavy atom. The van der Waals surface area contributed by atoms with E-state index in [2.05, 4.69) is 134 Å². The van der Waals surface area contributed by atoms with Crippen LogP contribution >= 0.6 is 0 Å². The summed E-state index contributed by atoms with van der Waals surface area (Å²) in [5, 5.41) is 0. The summed E-state index contributed by atoms with van der Waals surface area (Å²) in [5.41, 5.74) is 11.3. The third-order valence-electron chi connectivity index (χ3n) is 13.9. The smallest absolute Gasteiger partial charge is 0.164 e. The first-order valence-electron chi connectivity index (χ1n) is 19.6. The van der Waals surface area contributed by atoms with E-state index >= 15 is 0 Å². The fourth-order valence-electron chi connectivity index (χ4n) is 11.5. The lowest BCUT2D eigenvalue weighted by Crippen LogP contribution is -2.58. The fraction of sp³-hybridized carbons (Fsp3) is 0.220. The topological polar surface area (TPSA) is 47.9 Å². The Morgan fingerprint density at radius 3 is 1.65 bits per heavy atom. The normalized spacial score (nSPS) is 24.5. The molecule has 6 aromatic carbocycles. The average Bonchev–Trinajstić information content (AvgIpc) is 3.49. The Kier molecular flexibility index (Phi) is 6.28. The lowest BCUT2D eigenvalue weighted by molar-refractivity contribution is -0.141. The van der Waals surface area contributed by atoms with E-state index in [1.807, 2.05) is 18.2 Å². The Bertz CT molecular complexity index is 2590. The van der Waals surface area contributed by atoms with Crippen LogP contribution in [-0.4, -0.2) is 15.0 Å². The fourth-order valence-corrected chi connectivity index (χ4v) is 11.5. The molecule has 0 amide bonds. The second kappa shape index (κ2) is 11.1. The van der Waals surface area contributed by atoms with Crippen molar-refractivity contribution in [2.75, 3.05) is 0 Å². The lowest BCUT2D eigenvalue weighted by Gasteiger charge is -2.65. The number of hydrogen-bond acceptors (Lipinski definition) is 4. The SMILES string of the molecule is CC1(c2ccc(-c3nc(-c4ccccc4)nc(-c4ccc5c(c4)C4(c6ccccc6Oc6ccccc64)c4ccccc4-5)n3)cc2)CC2CC3C[C@@H](C1)C32. The van der Waals surface area contributed by atoms with Gasteiger partial charge in [0.1, 0.15) is 11.5 Å². The molecule has 0 N–H and O–H groups in total. The van der Waals surface area contributed by atoms with Crippen molar-refractivity contribution in [2.24, 2.45) is 23.7 Å². The van der Waals surface area contributed by atoms with Crippen molar-refractivity contribution < 1.29 is 4.74 Å². The van der Waals surface area contributed by atoms with Crippen LogP contribution in [0.1, 0.15) is 60.4 Å². The Balaban J connectivity index is 1.02. The Hall–Kier alpha value is -5.87. The van der Waals surface area contributed by atoms with E-state index in [4.69, 9.17) is 19.7 Å². The van der Waals surface area contributed by atoms with Crippen LogP contribution in [0.4, 0.5) is 0 Å². The zero-order valence-electron chi connectivity index (χ0n) is 30.2. The van der Waals surface area contributed by atoms with Gasteiger partial charge in [0, 0.05) is 27.8 Å². The highest BCUT2D eigenvalue weighted by atomic mass is 16.5. The van der Waals surface area contributed by atoms with Crippen LogP contribution < -0.4 is 4.74 Å². The van der Waals surface area contributed by atoms with Crippen LogP contribution in [0.25, 0.3) is 45.3 Å². The number of benzene rings is 6. The quantitative estimate of drug-likeness (QED) is 0.184. The van der Waals surface area contributed by atoms with E-state index in [1.54, 1.807) is 0 Å². The van der Waals surface area contributed by atoms with Crippen molar-refractivity contribution in [3.05, 3.63) is 173 Å². The van der Waals surface area contributed by atoms with Gasteiger partial charge in [-0.1, -0.05) is 134 Å². The van der Waals surface area contributed by atoms with Crippen LogP contribution in [0, 0.1) is 23.7 Å². The Labute approximate surface area is 316 Å². The molecule has 1 spiro atoms. The molecular weight excluding hydrogens is 659 g/mol. The van der Waals surface area contributed by atoms with Gasteiger partial charge in [-0.05, 0) is 101 Å². The molecule has 5 aliphatic rings. The predicted molar refractivity (Wildman–Crippen MR) is 213 cm³/mol. The maximum Gasteiger partial charge on any atom is 0.164 e. The van der Waals surface area contributed by atoms with Crippen LogP contribution in [0.5, 0.6) is 11.5 Å². The molecule has 0 radical (unpaired) electrons. The highest BCUT2D eigenvalue weighted by Crippen LogP contribution is 2.67. The van der Waals surface area contributed by atoms with Crippen LogP contribution in [0.2, 0.25) is 0 Å². The zero-order chi connectivity index (χ0) is 35.6. The standard InChI is InChI=1S/C50H39N3O/c1-49(28-34-25-33-26-35(29-49)45(33)34)36-22-19-31(20-23-36)47-51-46(30-11-3-2-4-12-30)52-48(53-47)32-21-24-38-37-13-5-6-14-39(37)50(42(38)27-32)40-15-7-9-17-43(40)54-44-18-10-8-16-41(44)50/h2-24,27,33-35,45H,25-26,28-29H2,1H3/t33?,34-,35?,45?,49?/m0/s1. The summed E-state index contributed by atoms with van der Waals surface area (Å²) >= 11 is 0. The summed E-state index contributed by atoms with van der Waals surface area (Å²) in [5.74, 6) is 7.72. The first-order chi connectivity index (χ1) is 26.6. The average molecular weight is 698 g/mol. The van der Waals surface area contributed by atoms with Gasteiger partial charge in [-0.3, -0.25) is 0 Å². The van der Waals surface area contributed by atoms with E-state index < -0.39 is 5.41 Å². The molecule has 3 fully saturated rings. The number of para-hydroxylation sites is 2. The van der Waals surface area contributed by atoms with Gasteiger partial charge >= 0.3 is 0 Å². The maximum absolute atomic E-state index is 6.58. The van der Waals surface area contributed by atoms with Gasteiger partial charge in [0.2, 0.25) is 0 Å². The van der Waals surface area contributed by atoms with E-state index in [0.29, 0.717) is 17.5 Å². The second-order valence-electron chi connectivity index (χ2n) is 16.7. The largest absolute Gasteiger partial charge is 0.457 e. The monoisotopic (exact) mass is 697 g/mol. The summed E-state index contributed by atoms with van der Waals surface area (Å²) in [7, 11) is 0. The van der Waals surface area contributed by atoms with Crippen molar-refractivity contribution in [1.29, 1.82) is 0 Å². The highest BCUT2D eigenvalue weighted by Gasteiger charge is 2.59. The van der Waals surface area contributed by atoms with E-state index in [9.17, 15) is 0 Å². The van der Waals surface area contributed by atoms with Gasteiger partial charge in [-0.15, -0.1) is 0 Å². The number of nitrogens with zero attached hydrogens (tertiary/aromatic N) is 3. The number of rotatable bonds is 4. The number of hydrogen-bond donors (Lipinski definition) is 0. The molecule has 1 aromatic heterocycles. The molecule has 2 heterocycles. The minimum atomic E-state index is -0.559. The van der Waals surface area contributed by atoms with Crippen molar-refractivity contribution >= 4 is 0 Å². The van der Waals surface area contributed by atoms with Gasteiger partial charge in [0.05, 0.1) is 5.41 Å². The highest BCUT2D eigenvalue weighted by molar-refractivity contribution is 5.90. The molecule has 12 rings (SSSR count). The molecular formula is C50H39N3O. The third kappa shape index (κ3) is 4.17. The molecule has 54 heavy (non-hydrogen) atoms. The molecule has 4 nitrogen and oxygen atoms in total. The van der Waals surface area contributed by atoms with Crippen molar-refractivity contribution in [3.8, 4) is 56.8 Å².